The van der Waals surface area contributed by atoms with Gasteiger partial charge in [-0.05, 0) is 43.4 Å². The van der Waals surface area contributed by atoms with Crippen LogP contribution < -0.4 is 10.6 Å². The Labute approximate surface area is 168 Å². The topological polar surface area (TPSA) is 62.5 Å². The van der Waals surface area contributed by atoms with Gasteiger partial charge < -0.3 is 15.1 Å². The number of oxazole rings is 1. The largest absolute Gasteiger partial charge is 0.443 e. The third-order valence-electron chi connectivity index (χ3n) is 5.62. The van der Waals surface area contributed by atoms with Gasteiger partial charge in [0, 0.05) is 19.0 Å². The van der Waals surface area contributed by atoms with Crippen LogP contribution in [-0.2, 0) is 12.0 Å². The van der Waals surface area contributed by atoms with Gasteiger partial charge >= 0.3 is 0 Å². The third-order valence-corrected chi connectivity index (χ3v) is 5.62. The molecule has 0 aromatic carbocycles. The molecule has 1 heterocycles. The van der Waals surface area contributed by atoms with E-state index in [0.717, 1.165) is 36.0 Å². The van der Waals surface area contributed by atoms with Gasteiger partial charge in [-0.2, -0.15) is 0 Å². The van der Waals surface area contributed by atoms with Crippen LogP contribution in [0.25, 0.3) is 0 Å². The number of fused-ring (bicyclic) bond motifs is 2. The van der Waals surface area contributed by atoms with E-state index in [-0.39, 0.29) is 29.4 Å². The molecule has 3 unspecified atom stereocenters. The highest BCUT2D eigenvalue weighted by molar-refractivity contribution is 14.0. The van der Waals surface area contributed by atoms with E-state index in [4.69, 9.17) is 4.42 Å². The van der Waals surface area contributed by atoms with Crippen LogP contribution in [0.15, 0.2) is 15.6 Å². The Kier molecular flexibility index (Phi) is 7.17. The zero-order valence-corrected chi connectivity index (χ0v) is 18.3. The van der Waals surface area contributed by atoms with Crippen molar-refractivity contribution in [3.8, 4) is 0 Å². The van der Waals surface area contributed by atoms with Crippen molar-refractivity contribution in [1.29, 1.82) is 0 Å². The van der Waals surface area contributed by atoms with Gasteiger partial charge in [-0.15, -0.1) is 24.0 Å². The maximum absolute atomic E-state index is 5.81. The maximum Gasteiger partial charge on any atom is 0.213 e. The second-order valence-corrected chi connectivity index (χ2v) is 8.44. The second-order valence-electron chi connectivity index (χ2n) is 8.44. The van der Waals surface area contributed by atoms with Gasteiger partial charge in [0.25, 0.3) is 0 Å². The molecule has 142 valence electrons. The van der Waals surface area contributed by atoms with Crippen LogP contribution in [0.2, 0.25) is 0 Å². The lowest BCUT2D eigenvalue weighted by Gasteiger charge is -2.22. The van der Waals surface area contributed by atoms with Gasteiger partial charge in [-0.25, -0.2) is 4.98 Å². The van der Waals surface area contributed by atoms with Crippen molar-refractivity contribution in [2.45, 2.75) is 64.8 Å². The second kappa shape index (κ2) is 8.73. The molecule has 2 N–H and O–H groups in total. The summed E-state index contributed by atoms with van der Waals surface area (Å²) in [7, 11) is 1.81. The molecule has 6 heteroatoms. The van der Waals surface area contributed by atoms with Gasteiger partial charge in [-0.1, -0.05) is 27.2 Å². The summed E-state index contributed by atoms with van der Waals surface area (Å²) in [6.07, 6.45) is 8.95. The summed E-state index contributed by atoms with van der Waals surface area (Å²) in [5, 5.41) is 6.73. The smallest absolute Gasteiger partial charge is 0.213 e. The van der Waals surface area contributed by atoms with E-state index in [2.05, 4.69) is 41.4 Å². The Morgan fingerprint density at radius 3 is 2.64 bits per heavy atom. The molecule has 2 aliphatic rings. The molecule has 1 aromatic rings. The highest BCUT2D eigenvalue weighted by atomic mass is 127. The number of halogens is 1. The number of nitrogens with zero attached hydrogens (tertiary/aromatic N) is 2. The van der Waals surface area contributed by atoms with Gasteiger partial charge in [0.15, 0.2) is 5.96 Å². The fourth-order valence-corrected chi connectivity index (χ4v) is 4.22. The molecule has 25 heavy (non-hydrogen) atoms. The molecule has 2 fully saturated rings. The summed E-state index contributed by atoms with van der Waals surface area (Å²) in [4.78, 5) is 8.64. The van der Waals surface area contributed by atoms with E-state index in [1.165, 1.54) is 32.1 Å². The minimum atomic E-state index is -0.00809. The van der Waals surface area contributed by atoms with E-state index < -0.39 is 0 Å². The summed E-state index contributed by atoms with van der Waals surface area (Å²) >= 11 is 0. The Balaban J connectivity index is 0.00000225. The molecule has 2 aliphatic carbocycles. The molecule has 0 radical (unpaired) electrons. The van der Waals surface area contributed by atoms with E-state index in [0.29, 0.717) is 12.4 Å². The molecule has 0 aliphatic heterocycles. The summed E-state index contributed by atoms with van der Waals surface area (Å²) < 4.78 is 5.81. The van der Waals surface area contributed by atoms with Crippen molar-refractivity contribution in [2.75, 3.05) is 13.6 Å². The monoisotopic (exact) mass is 460 g/mol. The van der Waals surface area contributed by atoms with Gasteiger partial charge in [0.1, 0.15) is 5.76 Å². The van der Waals surface area contributed by atoms with Crippen LogP contribution in [0.1, 0.15) is 64.5 Å². The quantitative estimate of drug-likeness (QED) is 0.395. The number of aliphatic imine (C=N–C) groups is 1. The standard InChI is InChI=1S/C19H32N4O.HI/c1-19(2,3)16-11-22-17(24-16)12-23-18(20-4)21-8-7-15-10-13-5-6-14(15)9-13;/h11,13-15H,5-10,12H2,1-4H3,(H2,20,21,23);1H. The van der Waals surface area contributed by atoms with Crippen LogP contribution in [0.4, 0.5) is 0 Å². The van der Waals surface area contributed by atoms with Crippen LogP contribution in [0.3, 0.4) is 0 Å². The van der Waals surface area contributed by atoms with Crippen LogP contribution >= 0.6 is 24.0 Å². The fraction of sp³-hybridized carbons (Fsp3) is 0.789. The number of guanidine groups is 1. The first kappa shape index (κ1) is 20.5. The lowest BCUT2D eigenvalue weighted by Crippen LogP contribution is -2.38. The molecule has 0 saturated heterocycles. The first-order valence-corrected chi connectivity index (χ1v) is 9.35. The molecule has 5 nitrogen and oxygen atoms in total. The van der Waals surface area contributed by atoms with Crippen molar-refractivity contribution in [2.24, 2.45) is 22.7 Å². The molecule has 3 atom stereocenters. The van der Waals surface area contributed by atoms with Crippen LogP contribution in [-0.4, -0.2) is 24.5 Å². The highest BCUT2D eigenvalue weighted by Crippen LogP contribution is 2.49. The van der Waals surface area contributed by atoms with Crippen molar-refractivity contribution in [1.82, 2.24) is 15.6 Å². The van der Waals surface area contributed by atoms with Gasteiger partial charge in [-0.3, -0.25) is 4.99 Å². The molecule has 1 aromatic heterocycles. The SMILES string of the molecule is CN=C(NCCC1CC2CCC1C2)NCc1ncc(C(C)(C)C)o1.I. The predicted octanol–water partition coefficient (Wildman–Crippen LogP) is 4.08. The fourth-order valence-electron chi connectivity index (χ4n) is 4.22. The average molecular weight is 460 g/mol. The summed E-state index contributed by atoms with van der Waals surface area (Å²) in [5.74, 6) is 5.40. The normalized spacial score (nSPS) is 25.8. The van der Waals surface area contributed by atoms with Crippen molar-refractivity contribution < 1.29 is 4.42 Å². The summed E-state index contributed by atoms with van der Waals surface area (Å²) in [5.41, 5.74) is -0.00809. The number of hydrogen-bond donors (Lipinski definition) is 2. The lowest BCUT2D eigenvalue weighted by atomic mass is 9.86. The predicted molar refractivity (Wildman–Crippen MR) is 112 cm³/mol. The lowest BCUT2D eigenvalue weighted by molar-refractivity contribution is 0.315. The molecule has 2 saturated carbocycles. The van der Waals surface area contributed by atoms with Gasteiger partial charge in [0.05, 0.1) is 12.7 Å². The van der Waals surface area contributed by atoms with Crippen molar-refractivity contribution in [3.05, 3.63) is 17.8 Å². The van der Waals surface area contributed by atoms with E-state index in [9.17, 15) is 0 Å². The highest BCUT2D eigenvalue weighted by Gasteiger charge is 2.38. The number of hydrogen-bond acceptors (Lipinski definition) is 3. The zero-order chi connectivity index (χ0) is 17.2. The summed E-state index contributed by atoms with van der Waals surface area (Å²) in [6.45, 7) is 7.93. The Bertz CT molecular complexity index is 578. The minimum Gasteiger partial charge on any atom is -0.443 e. The Morgan fingerprint density at radius 1 is 1.28 bits per heavy atom. The van der Waals surface area contributed by atoms with E-state index in [1.54, 1.807) is 0 Å². The Hall–Kier alpha value is -0.790. The number of nitrogens with one attached hydrogen (secondary N) is 2. The molecular weight excluding hydrogens is 427 g/mol. The maximum atomic E-state index is 5.81. The molecule has 3 rings (SSSR count). The van der Waals surface area contributed by atoms with E-state index >= 15 is 0 Å². The van der Waals surface area contributed by atoms with Crippen molar-refractivity contribution in [3.63, 3.8) is 0 Å². The first-order valence-electron chi connectivity index (χ1n) is 9.35. The molecule has 2 bridgehead atoms. The van der Waals surface area contributed by atoms with E-state index in [1.807, 2.05) is 13.2 Å². The van der Waals surface area contributed by atoms with Crippen LogP contribution in [0.5, 0.6) is 0 Å². The molecule has 0 spiro atoms. The van der Waals surface area contributed by atoms with Gasteiger partial charge in [0.2, 0.25) is 5.89 Å². The Morgan fingerprint density at radius 2 is 2.08 bits per heavy atom. The average Bonchev–Trinajstić information content (AvgIpc) is 3.25. The molecule has 0 amide bonds. The first-order chi connectivity index (χ1) is 11.5. The number of aromatic nitrogens is 1. The zero-order valence-electron chi connectivity index (χ0n) is 16.0. The van der Waals surface area contributed by atoms with Crippen LogP contribution in [0, 0.1) is 17.8 Å². The number of rotatable bonds is 5. The minimum absolute atomic E-state index is 0. The van der Waals surface area contributed by atoms with Crippen molar-refractivity contribution >= 4 is 29.9 Å². The summed E-state index contributed by atoms with van der Waals surface area (Å²) in [6, 6.07) is 0. The third kappa shape index (κ3) is 5.34. The molecular formula is C19H33IN4O.